The second kappa shape index (κ2) is 13.3. The van der Waals surface area contributed by atoms with Gasteiger partial charge in [-0.3, -0.25) is 0 Å². The van der Waals surface area contributed by atoms with Crippen molar-refractivity contribution in [2.24, 2.45) is 0 Å². The van der Waals surface area contributed by atoms with Crippen LogP contribution < -0.4 is 5.32 Å². The third-order valence-electron chi connectivity index (χ3n) is 4.02. The molecule has 0 rings (SSSR count). The van der Waals surface area contributed by atoms with Crippen LogP contribution in [0.5, 0.6) is 0 Å². The molecule has 0 unspecified atom stereocenters. The molecule has 0 aliphatic carbocycles. The zero-order valence-electron chi connectivity index (χ0n) is 13.9. The van der Waals surface area contributed by atoms with Crippen LogP contribution in [0.1, 0.15) is 85.0 Å². The molecule has 0 aliphatic heterocycles. The molecule has 0 aromatic carbocycles. The maximum atomic E-state index is 3.83. The molecule has 0 heterocycles. The molecular weight excluding hydrogens is 250 g/mol. The number of thioether (sulfide) groups is 1. The summed E-state index contributed by atoms with van der Waals surface area (Å²) in [5.74, 6) is 1.24. The van der Waals surface area contributed by atoms with Crippen molar-refractivity contribution in [3.05, 3.63) is 0 Å². The van der Waals surface area contributed by atoms with E-state index in [1.165, 1.54) is 76.5 Å². The standard InChI is InChI=1S/C17H37NS/c1-5-7-9-11-13-17(3,18-15-16-19-4)14-12-10-8-6-2/h18H,5-16H2,1-4H3. The molecule has 19 heavy (non-hydrogen) atoms. The van der Waals surface area contributed by atoms with Crippen LogP contribution >= 0.6 is 11.8 Å². The van der Waals surface area contributed by atoms with Gasteiger partial charge in [0, 0.05) is 17.8 Å². The van der Waals surface area contributed by atoms with Gasteiger partial charge in [-0.25, -0.2) is 0 Å². The van der Waals surface area contributed by atoms with Crippen LogP contribution in [-0.2, 0) is 0 Å². The van der Waals surface area contributed by atoms with Crippen molar-refractivity contribution < 1.29 is 0 Å². The first kappa shape index (κ1) is 19.3. The van der Waals surface area contributed by atoms with Gasteiger partial charge in [-0.1, -0.05) is 65.2 Å². The van der Waals surface area contributed by atoms with Crippen LogP contribution in [0.4, 0.5) is 0 Å². The Morgan fingerprint density at radius 3 is 1.79 bits per heavy atom. The Morgan fingerprint density at radius 1 is 0.842 bits per heavy atom. The zero-order valence-corrected chi connectivity index (χ0v) is 14.7. The van der Waals surface area contributed by atoms with Crippen LogP contribution in [0, 0.1) is 0 Å². The Bertz CT molecular complexity index is 170. The largest absolute Gasteiger partial charge is 0.311 e. The fourth-order valence-corrected chi connectivity index (χ4v) is 2.95. The summed E-state index contributed by atoms with van der Waals surface area (Å²) in [4.78, 5) is 0. The molecule has 0 amide bonds. The van der Waals surface area contributed by atoms with Gasteiger partial charge in [-0.2, -0.15) is 11.8 Å². The average molecular weight is 288 g/mol. The van der Waals surface area contributed by atoms with Crippen molar-refractivity contribution in [1.82, 2.24) is 5.32 Å². The third kappa shape index (κ3) is 11.8. The van der Waals surface area contributed by atoms with Crippen molar-refractivity contribution in [3.8, 4) is 0 Å². The number of hydrogen-bond donors (Lipinski definition) is 1. The molecule has 0 aromatic heterocycles. The molecule has 0 atom stereocenters. The van der Waals surface area contributed by atoms with E-state index in [1.54, 1.807) is 0 Å². The van der Waals surface area contributed by atoms with Crippen LogP contribution in [0.25, 0.3) is 0 Å². The Morgan fingerprint density at radius 2 is 1.37 bits per heavy atom. The van der Waals surface area contributed by atoms with Gasteiger partial charge in [0.2, 0.25) is 0 Å². The molecule has 1 N–H and O–H groups in total. The third-order valence-corrected chi connectivity index (χ3v) is 4.63. The summed E-state index contributed by atoms with van der Waals surface area (Å²) in [5.41, 5.74) is 0.386. The maximum Gasteiger partial charge on any atom is 0.0153 e. The van der Waals surface area contributed by atoms with Gasteiger partial charge in [0.1, 0.15) is 0 Å². The maximum absolute atomic E-state index is 3.83. The second-order valence-electron chi connectivity index (χ2n) is 6.10. The molecule has 1 nitrogen and oxygen atoms in total. The Hall–Kier alpha value is 0.310. The lowest BCUT2D eigenvalue weighted by molar-refractivity contribution is 0.294. The monoisotopic (exact) mass is 287 g/mol. The van der Waals surface area contributed by atoms with Gasteiger partial charge < -0.3 is 5.32 Å². The van der Waals surface area contributed by atoms with Crippen LogP contribution in [0.2, 0.25) is 0 Å². The first-order chi connectivity index (χ1) is 9.18. The smallest absolute Gasteiger partial charge is 0.0153 e. The summed E-state index contributed by atoms with van der Waals surface area (Å²) in [7, 11) is 0. The van der Waals surface area contributed by atoms with Gasteiger partial charge in [-0.05, 0) is 26.0 Å². The molecule has 0 radical (unpaired) electrons. The molecule has 0 spiro atoms. The molecule has 116 valence electrons. The van der Waals surface area contributed by atoms with Gasteiger partial charge in [0.25, 0.3) is 0 Å². The van der Waals surface area contributed by atoms with E-state index in [2.05, 4.69) is 32.3 Å². The lowest BCUT2D eigenvalue weighted by Gasteiger charge is -2.31. The Labute approximate surface area is 126 Å². The van der Waals surface area contributed by atoms with E-state index in [-0.39, 0.29) is 0 Å². The molecule has 2 heteroatoms. The van der Waals surface area contributed by atoms with E-state index in [1.807, 2.05) is 11.8 Å². The van der Waals surface area contributed by atoms with Crippen molar-refractivity contribution in [1.29, 1.82) is 0 Å². The van der Waals surface area contributed by atoms with E-state index < -0.39 is 0 Å². The minimum atomic E-state index is 0.386. The minimum Gasteiger partial charge on any atom is -0.311 e. The quantitative estimate of drug-likeness (QED) is 0.415. The normalized spacial score (nSPS) is 12.0. The summed E-state index contributed by atoms with van der Waals surface area (Å²) in [6.07, 6.45) is 16.0. The van der Waals surface area contributed by atoms with Crippen molar-refractivity contribution in [2.75, 3.05) is 18.6 Å². The van der Waals surface area contributed by atoms with Gasteiger partial charge in [0.05, 0.1) is 0 Å². The van der Waals surface area contributed by atoms with Gasteiger partial charge in [0.15, 0.2) is 0 Å². The van der Waals surface area contributed by atoms with E-state index in [4.69, 9.17) is 0 Å². The number of rotatable bonds is 14. The van der Waals surface area contributed by atoms with Crippen LogP contribution in [-0.4, -0.2) is 24.1 Å². The molecule has 0 saturated carbocycles. The fourth-order valence-electron chi connectivity index (χ4n) is 2.64. The number of nitrogens with one attached hydrogen (secondary N) is 1. The van der Waals surface area contributed by atoms with E-state index in [9.17, 15) is 0 Å². The number of hydrogen-bond acceptors (Lipinski definition) is 2. The van der Waals surface area contributed by atoms with Crippen LogP contribution in [0.3, 0.4) is 0 Å². The fraction of sp³-hybridized carbons (Fsp3) is 1.00. The molecule has 0 fully saturated rings. The SMILES string of the molecule is CCCCCCC(C)(CCCCCC)NCCSC. The summed E-state index contributed by atoms with van der Waals surface area (Å²) in [6, 6.07) is 0. The Kier molecular flexibility index (Phi) is 13.5. The molecule has 0 bridgehead atoms. The molecular formula is C17H37NS. The highest BCUT2D eigenvalue weighted by Crippen LogP contribution is 2.22. The summed E-state index contributed by atoms with van der Waals surface area (Å²) in [5, 5.41) is 3.83. The summed E-state index contributed by atoms with van der Waals surface area (Å²) in [6.45, 7) is 8.20. The zero-order chi connectivity index (χ0) is 14.4. The van der Waals surface area contributed by atoms with E-state index >= 15 is 0 Å². The first-order valence-corrected chi connectivity index (χ1v) is 9.82. The lowest BCUT2D eigenvalue weighted by Crippen LogP contribution is -2.43. The highest BCUT2D eigenvalue weighted by Gasteiger charge is 2.21. The summed E-state index contributed by atoms with van der Waals surface area (Å²) < 4.78 is 0. The van der Waals surface area contributed by atoms with Gasteiger partial charge >= 0.3 is 0 Å². The van der Waals surface area contributed by atoms with E-state index in [0.717, 1.165) is 0 Å². The highest BCUT2D eigenvalue weighted by molar-refractivity contribution is 7.98. The second-order valence-corrected chi connectivity index (χ2v) is 7.09. The average Bonchev–Trinajstić information content (AvgIpc) is 2.41. The van der Waals surface area contributed by atoms with Crippen molar-refractivity contribution >= 4 is 11.8 Å². The Balaban J connectivity index is 3.96. The lowest BCUT2D eigenvalue weighted by atomic mass is 9.88. The highest BCUT2D eigenvalue weighted by atomic mass is 32.2. The molecule has 0 saturated heterocycles. The molecule has 0 aliphatic rings. The van der Waals surface area contributed by atoms with Crippen LogP contribution in [0.15, 0.2) is 0 Å². The van der Waals surface area contributed by atoms with Crippen molar-refractivity contribution in [2.45, 2.75) is 90.5 Å². The predicted octanol–water partition coefficient (Wildman–Crippen LogP) is 5.64. The van der Waals surface area contributed by atoms with Gasteiger partial charge in [-0.15, -0.1) is 0 Å². The molecule has 0 aromatic rings. The summed E-state index contributed by atoms with van der Waals surface area (Å²) >= 11 is 1.94. The number of unbranched alkanes of at least 4 members (excludes halogenated alkanes) is 6. The van der Waals surface area contributed by atoms with E-state index in [0.29, 0.717) is 5.54 Å². The minimum absolute atomic E-state index is 0.386. The predicted molar refractivity (Wildman–Crippen MR) is 92.3 cm³/mol. The van der Waals surface area contributed by atoms with Crippen molar-refractivity contribution in [3.63, 3.8) is 0 Å². The topological polar surface area (TPSA) is 12.0 Å². The first-order valence-electron chi connectivity index (χ1n) is 8.42.